The fraction of sp³-hybridized carbons (Fsp3) is 0.259. The summed E-state index contributed by atoms with van der Waals surface area (Å²) < 4.78 is 19.0. The third kappa shape index (κ3) is 23.5. The average Bonchev–Trinajstić information content (AvgIpc) is 1.60. The van der Waals surface area contributed by atoms with Crippen molar-refractivity contribution in [2.75, 3.05) is 47.7 Å². The van der Waals surface area contributed by atoms with E-state index in [4.69, 9.17) is 29.4 Å². The van der Waals surface area contributed by atoms with Crippen LogP contribution in [0.1, 0.15) is 199 Å². The van der Waals surface area contributed by atoms with Crippen LogP contribution in [-0.4, -0.2) is 110 Å². The number of aromatic nitrogens is 16. The Labute approximate surface area is 882 Å². The molecule has 8 aromatic heterocycles. The van der Waals surface area contributed by atoms with Crippen LogP contribution in [0.2, 0.25) is 0 Å². The molecule has 0 radical (unpaired) electrons. The van der Waals surface area contributed by atoms with Gasteiger partial charge in [0.1, 0.15) is 109 Å². The summed E-state index contributed by atoms with van der Waals surface area (Å²) in [5.41, 5.74) is 18.3. The van der Waals surface area contributed by atoms with E-state index in [1.807, 2.05) is 194 Å². The van der Waals surface area contributed by atoms with Crippen molar-refractivity contribution in [1.82, 2.24) is 79.9 Å². The number of para-hydroxylation sites is 4. The first-order valence-electron chi connectivity index (χ1n) is 45.8. The molecule has 8 bridgehead atoms. The molecule has 0 aliphatic carbocycles. The zero-order chi connectivity index (χ0) is 96.9. The number of rotatable bonds is 20. The van der Waals surface area contributed by atoms with Crippen molar-refractivity contribution < 1.29 is 53.6 Å². The van der Waals surface area contributed by atoms with E-state index in [1.165, 1.54) is 47.9 Å². The molecular weight excluding hydrogens is 2260 g/mol. The van der Waals surface area contributed by atoms with Gasteiger partial charge in [0, 0.05) is 165 Å². The number of ether oxygens (including phenoxy) is 2. The molecule has 2 saturated heterocycles. The fourth-order valence-corrected chi connectivity index (χ4v) is 19.3. The standard InChI is InChI=1S/C100H88I4N20O4.2C4H8O.H2O.Zn/c1-97(2,3)61-37-29-57(30-38-61)89-93(101)121(117-113-89)53-81(125)109-69-25-17-13-21-65(69)85-73-45-47-75(105-73)86(66-22-14-18-26-70(66)110-82(126)54-122-94(102)90(114-118-122)58-31-39-62(40-32-58)98(4,5)6)77-49-51-79(107-77)88(68-24-16-20-28-72(68)112-84(128)56-124-96(104)92(116-120-124)60-35-43-64(44-36-60)100(10,11)12)80-52-50-78(108-80)87(76-48-46-74(85)106-76)67-23-15-19-27-71(67)111-83(127)55-123-95(103)91(115-119-123)59-33-41-63(42-34-59)99(7,8)9;2*1-2-4-5-3-1;;/h13-52H,53-56H2,1-12H3,(H,109,125)(H,110,126)(H,111,127)(H,112,128);2*1-4H2;1H2;/p+1. The molecular formula is C108H107I4N20O7Zn+. The SMILES string of the molecule is C1CCOC1.C1CCOC1.CC(C)(C)c1ccc(-c2nnn(CC(=O)Nc3ccccc3[C+]3c4ccc([n-]4)[C+](c4ccccc4NC(=O)Cn4nnc(-c5ccc(C(C)(C)C)cc5)c4I)c4ccc([n-]4)[C+](c4ccccc4NC(=O)Cn4nnc(-c5ccc(C(C)(C)C)cc5)c4I)c4ccc([n-]4)[C+](c4ccccc4NC(=O)Cn4nnc(-c5ccc(C(C)(C)C)cc5)c4I)c4ccc3[n-]4)c2I)cc1.[OH3+].[Zn]. The topological polar surface area (TPSA) is 347 Å². The Hall–Kier alpha value is -11.8. The number of anilines is 4. The number of hydrogen-bond acceptors (Lipinski definition) is 14. The molecule has 140 heavy (non-hydrogen) atoms. The summed E-state index contributed by atoms with van der Waals surface area (Å²) in [5.74, 6) is 0.647. The van der Waals surface area contributed by atoms with Crippen molar-refractivity contribution in [1.29, 1.82) is 0 Å². The molecule has 27 nitrogen and oxygen atoms in total. The monoisotopic (exact) mass is 2370 g/mol. The van der Waals surface area contributed by atoms with Gasteiger partial charge in [0.15, 0.2) is 0 Å². The predicted octanol–water partition coefficient (Wildman–Crippen LogP) is 19.8. The summed E-state index contributed by atoms with van der Waals surface area (Å²) in [6, 6.07) is 78.4. The number of halogens is 4. The van der Waals surface area contributed by atoms with E-state index in [-0.39, 0.29) is 96.4 Å². The first kappa shape index (κ1) is 103. The van der Waals surface area contributed by atoms with Gasteiger partial charge in [0.05, 0.1) is 0 Å². The Morgan fingerprint density at radius 3 is 0.636 bits per heavy atom. The molecule has 0 saturated carbocycles. The van der Waals surface area contributed by atoms with Gasteiger partial charge < -0.3 is 34.9 Å². The van der Waals surface area contributed by atoms with Gasteiger partial charge >= 0.3 is 0 Å². The van der Waals surface area contributed by atoms with E-state index in [1.54, 1.807) is 18.7 Å². The summed E-state index contributed by atoms with van der Waals surface area (Å²) in [4.78, 5) is 82.2. The van der Waals surface area contributed by atoms with Gasteiger partial charge in [-0.2, -0.15) is 0 Å². The Kier molecular flexibility index (Phi) is 32.4. The molecule has 3 aliphatic rings. The molecule has 7 N–H and O–H groups in total. The third-order valence-corrected chi connectivity index (χ3v) is 28.4. The van der Waals surface area contributed by atoms with Crippen molar-refractivity contribution in [2.45, 2.75) is 157 Å². The number of nitrogens with one attached hydrogen (secondary N) is 4. The molecule has 16 aromatic rings. The Balaban J connectivity index is 0.00000116. The normalized spacial score (nSPS) is 13.2. The molecule has 4 amide bonds. The number of benzene rings is 8. The summed E-state index contributed by atoms with van der Waals surface area (Å²) >= 11 is 8.80. The molecule has 0 unspecified atom stereocenters. The van der Waals surface area contributed by atoms with Gasteiger partial charge in [-0.1, -0.05) is 201 Å². The van der Waals surface area contributed by atoms with Crippen LogP contribution in [0.15, 0.2) is 243 Å². The van der Waals surface area contributed by atoms with E-state index in [9.17, 15) is 19.2 Å². The number of carbonyl (C=O) groups excluding carboxylic acids is 4. The van der Waals surface area contributed by atoms with Crippen molar-refractivity contribution >= 4 is 137 Å². The summed E-state index contributed by atoms with van der Waals surface area (Å²) in [6.45, 7) is 29.3. The molecule has 2 fully saturated rings. The minimum atomic E-state index is -0.374. The average molecular weight is 2370 g/mol. The van der Waals surface area contributed by atoms with E-state index >= 15 is 0 Å². The van der Waals surface area contributed by atoms with Gasteiger partial charge in [-0.05, 0) is 278 Å². The fourth-order valence-electron chi connectivity index (χ4n) is 16.6. The van der Waals surface area contributed by atoms with Crippen LogP contribution in [0, 0.1) is 38.5 Å². The molecule has 11 heterocycles. The zero-order valence-corrected chi connectivity index (χ0v) is 91.6. The van der Waals surface area contributed by atoms with Crippen LogP contribution >= 0.6 is 90.4 Å². The number of hydrogen-bond donors (Lipinski definition) is 4. The molecule has 710 valence electrons. The Bertz CT molecular complexity index is 6120. The van der Waals surface area contributed by atoms with Crippen molar-refractivity contribution in [2.24, 2.45) is 0 Å². The molecule has 0 spiro atoms. The minimum absolute atomic E-state index is 0. The maximum absolute atomic E-state index is 14.9. The predicted molar refractivity (Wildman–Crippen MR) is 574 cm³/mol. The number of nitrogens with zero attached hydrogens (tertiary/aromatic N) is 16. The summed E-state index contributed by atoms with van der Waals surface area (Å²) in [7, 11) is 0. The van der Waals surface area contributed by atoms with Crippen LogP contribution < -0.4 is 41.2 Å². The molecule has 0 atom stereocenters. The zero-order valence-electron chi connectivity index (χ0n) is 80.0. The van der Waals surface area contributed by atoms with E-state index < -0.39 is 0 Å². The van der Waals surface area contributed by atoms with Crippen LogP contribution in [-0.2, 0) is 101 Å². The summed E-state index contributed by atoms with van der Waals surface area (Å²) in [6.07, 6.45) is 5.11. The first-order valence-corrected chi connectivity index (χ1v) is 50.1. The van der Waals surface area contributed by atoms with Gasteiger partial charge in [0.25, 0.3) is 23.6 Å². The minimum Gasteiger partial charge on any atom is -0.628 e. The Morgan fingerprint density at radius 1 is 0.293 bits per heavy atom. The molecule has 3 aliphatic heterocycles. The van der Waals surface area contributed by atoms with Gasteiger partial charge in [-0.25, -0.2) is 18.7 Å². The van der Waals surface area contributed by atoms with Crippen LogP contribution in [0.25, 0.3) is 45.0 Å². The maximum Gasteiger partial charge on any atom is 0.253 e. The van der Waals surface area contributed by atoms with E-state index in [0.29, 0.717) is 152 Å². The van der Waals surface area contributed by atoms with Crippen LogP contribution in [0.4, 0.5) is 22.7 Å². The maximum atomic E-state index is 14.9. The smallest absolute Gasteiger partial charge is 0.253 e. The van der Waals surface area contributed by atoms with Gasteiger partial charge in [0.2, 0.25) is 0 Å². The summed E-state index contributed by atoms with van der Waals surface area (Å²) in [5, 5.41) is 49.3. The third-order valence-electron chi connectivity index (χ3n) is 24.1. The van der Waals surface area contributed by atoms with Gasteiger partial charge in [-0.15, -0.1) is 20.4 Å². The van der Waals surface area contributed by atoms with Gasteiger partial charge in [-0.3, -0.25) is 40.4 Å². The van der Waals surface area contributed by atoms with Crippen molar-refractivity contribution in [3.63, 3.8) is 0 Å². The van der Waals surface area contributed by atoms with Crippen molar-refractivity contribution in [3.05, 3.63) is 371 Å². The molecule has 32 heteroatoms. The second-order valence-corrected chi connectivity index (χ2v) is 42.3. The number of fused-ring (bicyclic) bond motifs is 8. The first-order chi connectivity index (χ1) is 66.2. The van der Waals surface area contributed by atoms with E-state index in [2.05, 4.69) is 284 Å². The second-order valence-electron chi connectivity index (χ2n) is 38.2. The molecule has 19 rings (SSSR count). The Morgan fingerprint density at radius 2 is 0.471 bits per heavy atom. The van der Waals surface area contributed by atoms with E-state index in [0.717, 1.165) is 48.7 Å². The number of carbonyl (C=O) groups is 4. The largest absolute Gasteiger partial charge is 0.628 e. The quantitative estimate of drug-likeness (QED) is 0.0238. The van der Waals surface area contributed by atoms with Crippen LogP contribution in [0.3, 0.4) is 0 Å². The van der Waals surface area contributed by atoms with Crippen molar-refractivity contribution in [3.8, 4) is 45.0 Å². The van der Waals surface area contributed by atoms with Crippen LogP contribution in [0.5, 0.6) is 0 Å². The second kappa shape index (κ2) is 44.2. The molecule has 8 aromatic carbocycles. The number of amides is 4.